The van der Waals surface area contributed by atoms with Gasteiger partial charge in [-0.15, -0.1) is 0 Å². The van der Waals surface area contributed by atoms with Gasteiger partial charge in [0, 0.05) is 5.39 Å². The first-order valence-electron chi connectivity index (χ1n) is 5.30. The highest BCUT2D eigenvalue weighted by atomic mass is 16.3. The molecule has 2 rings (SSSR count). The van der Waals surface area contributed by atoms with Crippen LogP contribution in [-0.4, -0.2) is 7.05 Å². The molecule has 2 aromatic rings. The summed E-state index contributed by atoms with van der Waals surface area (Å²) in [5, 5.41) is 4.42. The number of fused-ring (bicyclic) bond motifs is 1. The third-order valence-corrected chi connectivity index (χ3v) is 2.98. The molecule has 1 aromatic heterocycles. The predicted octanol–water partition coefficient (Wildman–Crippen LogP) is 3.33. The van der Waals surface area contributed by atoms with Gasteiger partial charge in [0.25, 0.3) is 0 Å². The second-order valence-corrected chi connectivity index (χ2v) is 4.10. The molecule has 0 spiro atoms. The molecule has 0 radical (unpaired) electrons. The van der Waals surface area contributed by atoms with E-state index in [-0.39, 0.29) is 6.04 Å². The second-order valence-electron chi connectivity index (χ2n) is 4.10. The fourth-order valence-corrected chi connectivity index (χ4v) is 1.77. The van der Waals surface area contributed by atoms with Crippen LogP contribution in [0.5, 0.6) is 0 Å². The molecule has 0 aliphatic carbocycles. The first kappa shape index (κ1) is 10.2. The topological polar surface area (TPSA) is 25.2 Å². The molecule has 1 N–H and O–H groups in total. The summed E-state index contributed by atoms with van der Waals surface area (Å²) >= 11 is 0. The normalized spacial score (nSPS) is 13.3. The van der Waals surface area contributed by atoms with Crippen molar-refractivity contribution in [3.8, 4) is 0 Å². The summed E-state index contributed by atoms with van der Waals surface area (Å²) < 4.78 is 5.87. The lowest BCUT2D eigenvalue weighted by molar-refractivity contribution is 0.474. The van der Waals surface area contributed by atoms with E-state index in [1.807, 2.05) is 7.05 Å². The lowest BCUT2D eigenvalue weighted by atomic mass is 10.1. The number of benzene rings is 1. The van der Waals surface area contributed by atoms with E-state index in [9.17, 15) is 0 Å². The van der Waals surface area contributed by atoms with Crippen molar-refractivity contribution in [1.29, 1.82) is 0 Å². The zero-order chi connectivity index (χ0) is 11.0. The Labute approximate surface area is 90.3 Å². The quantitative estimate of drug-likeness (QED) is 0.809. The third-order valence-electron chi connectivity index (χ3n) is 2.98. The van der Waals surface area contributed by atoms with E-state index >= 15 is 0 Å². The molecular formula is C13H17NO. The Morgan fingerprint density at radius 1 is 1.20 bits per heavy atom. The Balaban J connectivity index is 2.64. The first-order valence-corrected chi connectivity index (χ1v) is 5.30. The van der Waals surface area contributed by atoms with Crippen molar-refractivity contribution < 1.29 is 4.42 Å². The standard InChI is InChI=1S/C13H17NO/c1-8-5-6-9(2)13-11(8)7-12(15-13)10(3)14-4/h5-7,10,14H,1-4H3. The minimum absolute atomic E-state index is 0.260. The molecule has 2 heteroatoms. The van der Waals surface area contributed by atoms with Gasteiger partial charge in [-0.05, 0) is 45.0 Å². The Hall–Kier alpha value is -1.28. The van der Waals surface area contributed by atoms with Gasteiger partial charge in [0.05, 0.1) is 6.04 Å². The summed E-state index contributed by atoms with van der Waals surface area (Å²) in [6.07, 6.45) is 0. The number of hydrogen-bond donors (Lipinski definition) is 1. The molecule has 1 heterocycles. The minimum Gasteiger partial charge on any atom is -0.459 e. The minimum atomic E-state index is 0.260. The highest BCUT2D eigenvalue weighted by Gasteiger charge is 2.12. The fraction of sp³-hybridized carbons (Fsp3) is 0.385. The van der Waals surface area contributed by atoms with Crippen molar-refractivity contribution in [1.82, 2.24) is 5.32 Å². The van der Waals surface area contributed by atoms with Crippen LogP contribution in [0.15, 0.2) is 22.6 Å². The van der Waals surface area contributed by atoms with E-state index in [4.69, 9.17) is 4.42 Å². The van der Waals surface area contributed by atoms with E-state index in [1.54, 1.807) is 0 Å². The van der Waals surface area contributed by atoms with Crippen LogP contribution in [0.2, 0.25) is 0 Å². The van der Waals surface area contributed by atoms with E-state index in [0.29, 0.717) is 0 Å². The van der Waals surface area contributed by atoms with Crippen molar-refractivity contribution >= 4 is 11.0 Å². The molecule has 0 aliphatic rings. The summed E-state index contributed by atoms with van der Waals surface area (Å²) in [4.78, 5) is 0. The Kier molecular flexibility index (Phi) is 2.53. The van der Waals surface area contributed by atoms with Crippen LogP contribution >= 0.6 is 0 Å². The third kappa shape index (κ3) is 1.65. The van der Waals surface area contributed by atoms with E-state index in [0.717, 1.165) is 11.3 Å². The van der Waals surface area contributed by atoms with Crippen LogP contribution in [-0.2, 0) is 0 Å². The van der Waals surface area contributed by atoms with E-state index in [2.05, 4.69) is 44.3 Å². The molecule has 0 saturated carbocycles. The summed E-state index contributed by atoms with van der Waals surface area (Å²) in [5.41, 5.74) is 3.49. The number of hydrogen-bond acceptors (Lipinski definition) is 2. The zero-order valence-corrected chi connectivity index (χ0v) is 9.72. The van der Waals surface area contributed by atoms with Gasteiger partial charge < -0.3 is 9.73 Å². The molecule has 1 aromatic carbocycles. The monoisotopic (exact) mass is 203 g/mol. The second kappa shape index (κ2) is 3.70. The maximum atomic E-state index is 5.87. The van der Waals surface area contributed by atoms with Gasteiger partial charge in [-0.2, -0.15) is 0 Å². The average Bonchev–Trinajstić information content (AvgIpc) is 2.68. The largest absolute Gasteiger partial charge is 0.459 e. The van der Waals surface area contributed by atoms with Crippen LogP contribution in [0.1, 0.15) is 29.9 Å². The highest BCUT2D eigenvalue weighted by Crippen LogP contribution is 2.28. The van der Waals surface area contributed by atoms with E-state index < -0.39 is 0 Å². The molecule has 80 valence electrons. The summed E-state index contributed by atoms with van der Waals surface area (Å²) in [6, 6.07) is 6.64. The van der Waals surface area contributed by atoms with Crippen LogP contribution in [0, 0.1) is 13.8 Å². The summed E-state index contributed by atoms with van der Waals surface area (Å²) in [6.45, 7) is 6.30. The van der Waals surface area contributed by atoms with Crippen molar-refractivity contribution in [3.63, 3.8) is 0 Å². The fourth-order valence-electron chi connectivity index (χ4n) is 1.77. The molecule has 0 bridgehead atoms. The van der Waals surface area contributed by atoms with Gasteiger partial charge in [-0.25, -0.2) is 0 Å². The van der Waals surface area contributed by atoms with Crippen LogP contribution in [0.4, 0.5) is 0 Å². The Morgan fingerprint density at radius 3 is 2.47 bits per heavy atom. The van der Waals surface area contributed by atoms with E-state index in [1.165, 1.54) is 16.5 Å². The number of furan rings is 1. The van der Waals surface area contributed by atoms with Crippen LogP contribution in [0.3, 0.4) is 0 Å². The number of rotatable bonds is 2. The molecule has 0 fully saturated rings. The summed E-state index contributed by atoms with van der Waals surface area (Å²) in [7, 11) is 1.94. The molecular weight excluding hydrogens is 186 g/mol. The Bertz CT molecular complexity index is 445. The predicted molar refractivity (Wildman–Crippen MR) is 63.2 cm³/mol. The maximum Gasteiger partial charge on any atom is 0.137 e. The van der Waals surface area contributed by atoms with Crippen molar-refractivity contribution in [2.24, 2.45) is 0 Å². The number of nitrogens with one attached hydrogen (secondary N) is 1. The first-order chi connectivity index (χ1) is 7.13. The molecule has 0 amide bonds. The highest BCUT2D eigenvalue weighted by molar-refractivity contribution is 5.84. The molecule has 2 nitrogen and oxygen atoms in total. The zero-order valence-electron chi connectivity index (χ0n) is 9.72. The maximum absolute atomic E-state index is 5.87. The van der Waals surface area contributed by atoms with Gasteiger partial charge in [0.2, 0.25) is 0 Å². The van der Waals surface area contributed by atoms with Crippen LogP contribution in [0.25, 0.3) is 11.0 Å². The molecule has 1 atom stereocenters. The molecule has 1 unspecified atom stereocenters. The Morgan fingerprint density at radius 2 is 1.87 bits per heavy atom. The van der Waals surface area contributed by atoms with Gasteiger partial charge in [-0.3, -0.25) is 0 Å². The van der Waals surface area contributed by atoms with Crippen molar-refractivity contribution in [3.05, 3.63) is 35.1 Å². The average molecular weight is 203 g/mol. The number of aryl methyl sites for hydroxylation is 2. The van der Waals surface area contributed by atoms with Gasteiger partial charge in [-0.1, -0.05) is 12.1 Å². The van der Waals surface area contributed by atoms with Gasteiger partial charge in [0.15, 0.2) is 0 Å². The lowest BCUT2D eigenvalue weighted by Crippen LogP contribution is -2.10. The smallest absolute Gasteiger partial charge is 0.137 e. The van der Waals surface area contributed by atoms with Gasteiger partial charge in [0.1, 0.15) is 11.3 Å². The molecule has 15 heavy (non-hydrogen) atoms. The van der Waals surface area contributed by atoms with Crippen LogP contribution < -0.4 is 5.32 Å². The molecule has 0 saturated heterocycles. The van der Waals surface area contributed by atoms with Gasteiger partial charge >= 0.3 is 0 Å². The lowest BCUT2D eigenvalue weighted by Gasteiger charge is -2.04. The molecule has 0 aliphatic heterocycles. The van der Waals surface area contributed by atoms with Crippen molar-refractivity contribution in [2.75, 3.05) is 7.05 Å². The summed E-state index contributed by atoms with van der Waals surface area (Å²) in [5.74, 6) is 1.00. The van der Waals surface area contributed by atoms with Crippen molar-refractivity contribution in [2.45, 2.75) is 26.8 Å². The SMILES string of the molecule is CNC(C)c1cc2c(C)ccc(C)c2o1.